The summed E-state index contributed by atoms with van der Waals surface area (Å²) in [6.45, 7) is 3.30. The van der Waals surface area contributed by atoms with E-state index in [-0.39, 0.29) is 11.5 Å². The number of rotatable bonds is 6. The minimum atomic E-state index is -0.109. The second-order valence-electron chi connectivity index (χ2n) is 6.57. The summed E-state index contributed by atoms with van der Waals surface area (Å²) in [6, 6.07) is 0. The number of hydrogen-bond donors (Lipinski definition) is 1. The van der Waals surface area contributed by atoms with Crippen LogP contribution in [-0.4, -0.2) is 23.3 Å². The minimum Gasteiger partial charge on any atom is -0.370 e. The van der Waals surface area contributed by atoms with Gasteiger partial charge in [0.25, 0.3) is 0 Å². The SMILES string of the molecule is CCOC(c1noc(C2(CN)CCCCCC2)n1)C1CC1. The van der Waals surface area contributed by atoms with Crippen molar-refractivity contribution in [1.29, 1.82) is 0 Å². The molecule has 2 aliphatic rings. The van der Waals surface area contributed by atoms with Gasteiger partial charge in [-0.05, 0) is 38.5 Å². The van der Waals surface area contributed by atoms with E-state index in [0.29, 0.717) is 19.1 Å². The standard InChI is InChI=1S/C16H27N3O2/c1-2-20-13(12-7-8-12)14-18-15(21-19-14)16(11-17)9-5-3-4-6-10-16/h12-13H,2-11,17H2,1H3. The largest absolute Gasteiger partial charge is 0.370 e. The number of aromatic nitrogens is 2. The average Bonchev–Trinajstić information content (AvgIpc) is 3.27. The Morgan fingerprint density at radius 3 is 2.57 bits per heavy atom. The van der Waals surface area contributed by atoms with Crippen molar-refractivity contribution >= 4 is 0 Å². The van der Waals surface area contributed by atoms with Crippen LogP contribution in [0.3, 0.4) is 0 Å². The van der Waals surface area contributed by atoms with Gasteiger partial charge in [-0.3, -0.25) is 0 Å². The van der Waals surface area contributed by atoms with Crippen LogP contribution < -0.4 is 5.73 Å². The van der Waals surface area contributed by atoms with Crippen molar-refractivity contribution in [3.63, 3.8) is 0 Å². The van der Waals surface area contributed by atoms with Crippen molar-refractivity contribution in [3.8, 4) is 0 Å². The van der Waals surface area contributed by atoms with E-state index in [1.54, 1.807) is 0 Å². The zero-order valence-electron chi connectivity index (χ0n) is 13.0. The number of hydrogen-bond acceptors (Lipinski definition) is 5. The van der Waals surface area contributed by atoms with Gasteiger partial charge in [-0.25, -0.2) is 0 Å². The first-order valence-corrected chi connectivity index (χ1v) is 8.45. The van der Waals surface area contributed by atoms with E-state index >= 15 is 0 Å². The van der Waals surface area contributed by atoms with Gasteiger partial charge in [0, 0.05) is 13.2 Å². The summed E-state index contributed by atoms with van der Waals surface area (Å²) in [7, 11) is 0. The van der Waals surface area contributed by atoms with E-state index < -0.39 is 0 Å². The van der Waals surface area contributed by atoms with Crippen LogP contribution >= 0.6 is 0 Å². The second kappa shape index (κ2) is 6.44. The van der Waals surface area contributed by atoms with Crippen molar-refractivity contribution in [2.75, 3.05) is 13.2 Å². The Morgan fingerprint density at radius 1 is 1.29 bits per heavy atom. The van der Waals surface area contributed by atoms with Gasteiger partial charge in [0.15, 0.2) is 0 Å². The van der Waals surface area contributed by atoms with Gasteiger partial charge < -0.3 is 15.0 Å². The highest BCUT2D eigenvalue weighted by Gasteiger charge is 2.40. The van der Waals surface area contributed by atoms with E-state index in [0.717, 1.165) is 24.6 Å². The summed E-state index contributed by atoms with van der Waals surface area (Å²) >= 11 is 0. The molecule has 0 bridgehead atoms. The Hall–Kier alpha value is -0.940. The third kappa shape index (κ3) is 3.14. The van der Waals surface area contributed by atoms with Crippen molar-refractivity contribution in [2.45, 2.75) is 69.8 Å². The molecule has 2 N–H and O–H groups in total. The molecular formula is C16H27N3O2. The van der Waals surface area contributed by atoms with E-state index in [1.165, 1.54) is 38.5 Å². The molecule has 1 aromatic rings. The molecule has 1 aromatic heterocycles. The second-order valence-corrected chi connectivity index (χ2v) is 6.57. The number of nitrogens with two attached hydrogens (primary N) is 1. The third-order valence-electron chi connectivity index (χ3n) is 5.00. The quantitative estimate of drug-likeness (QED) is 0.816. The van der Waals surface area contributed by atoms with Gasteiger partial charge in [-0.15, -0.1) is 0 Å². The van der Waals surface area contributed by atoms with E-state index in [2.05, 4.69) is 5.16 Å². The molecule has 118 valence electrons. The van der Waals surface area contributed by atoms with Crippen LogP contribution in [0.2, 0.25) is 0 Å². The zero-order valence-corrected chi connectivity index (χ0v) is 13.0. The lowest BCUT2D eigenvalue weighted by molar-refractivity contribution is 0.0384. The van der Waals surface area contributed by atoms with Crippen LogP contribution in [0.5, 0.6) is 0 Å². The first-order chi connectivity index (χ1) is 10.3. The number of nitrogens with zero attached hydrogens (tertiary/aromatic N) is 2. The molecule has 1 unspecified atom stereocenters. The molecule has 21 heavy (non-hydrogen) atoms. The maximum absolute atomic E-state index is 6.10. The molecule has 0 spiro atoms. The molecule has 1 heterocycles. The summed E-state index contributed by atoms with van der Waals surface area (Å²) < 4.78 is 11.5. The fourth-order valence-corrected chi connectivity index (χ4v) is 3.48. The van der Waals surface area contributed by atoms with Crippen molar-refractivity contribution < 1.29 is 9.26 Å². The molecule has 2 aliphatic carbocycles. The molecule has 0 radical (unpaired) electrons. The Balaban J connectivity index is 1.81. The predicted octanol–water partition coefficient (Wildman–Crippen LogP) is 3.11. The van der Waals surface area contributed by atoms with Gasteiger partial charge in [0.1, 0.15) is 6.10 Å². The lowest BCUT2D eigenvalue weighted by Gasteiger charge is -2.26. The maximum atomic E-state index is 6.10. The van der Waals surface area contributed by atoms with Crippen LogP contribution in [0.25, 0.3) is 0 Å². The molecule has 5 nitrogen and oxygen atoms in total. The van der Waals surface area contributed by atoms with Crippen LogP contribution in [0.15, 0.2) is 4.52 Å². The van der Waals surface area contributed by atoms with Gasteiger partial charge in [-0.2, -0.15) is 4.98 Å². The van der Waals surface area contributed by atoms with E-state index in [9.17, 15) is 0 Å². The topological polar surface area (TPSA) is 74.2 Å². The summed E-state index contributed by atoms with van der Waals surface area (Å²) in [6.07, 6.45) is 9.51. The Labute approximate surface area is 126 Å². The lowest BCUT2D eigenvalue weighted by atomic mass is 9.80. The Kier molecular flexibility index (Phi) is 4.60. The highest BCUT2D eigenvalue weighted by atomic mass is 16.5. The molecule has 1 atom stereocenters. The van der Waals surface area contributed by atoms with Gasteiger partial charge in [-0.1, -0.05) is 30.8 Å². The van der Waals surface area contributed by atoms with Gasteiger partial charge >= 0.3 is 0 Å². The summed E-state index contributed by atoms with van der Waals surface area (Å²) in [4.78, 5) is 4.72. The highest BCUT2D eigenvalue weighted by molar-refractivity contribution is 5.09. The molecule has 0 saturated heterocycles. The van der Waals surface area contributed by atoms with Crippen LogP contribution in [0.4, 0.5) is 0 Å². The first-order valence-electron chi connectivity index (χ1n) is 8.45. The van der Waals surface area contributed by atoms with Crippen molar-refractivity contribution in [2.24, 2.45) is 11.7 Å². The Morgan fingerprint density at radius 2 is 2.00 bits per heavy atom. The van der Waals surface area contributed by atoms with Gasteiger partial charge in [0.05, 0.1) is 5.41 Å². The third-order valence-corrected chi connectivity index (χ3v) is 5.00. The molecular weight excluding hydrogens is 266 g/mol. The molecule has 2 saturated carbocycles. The zero-order chi connectivity index (χ0) is 14.7. The summed E-state index contributed by atoms with van der Waals surface area (Å²) in [5.41, 5.74) is 5.99. The smallest absolute Gasteiger partial charge is 0.234 e. The predicted molar refractivity (Wildman–Crippen MR) is 79.8 cm³/mol. The fraction of sp³-hybridized carbons (Fsp3) is 0.875. The maximum Gasteiger partial charge on any atom is 0.234 e. The summed E-state index contributed by atoms with van der Waals surface area (Å²) in [5.74, 6) is 2.04. The van der Waals surface area contributed by atoms with Crippen molar-refractivity contribution in [1.82, 2.24) is 10.1 Å². The minimum absolute atomic E-state index is 0.00750. The molecule has 5 heteroatoms. The highest BCUT2D eigenvalue weighted by Crippen LogP contribution is 2.43. The van der Waals surface area contributed by atoms with Crippen LogP contribution in [-0.2, 0) is 10.2 Å². The molecule has 0 aromatic carbocycles. The fourth-order valence-electron chi connectivity index (χ4n) is 3.48. The molecule has 0 aliphatic heterocycles. The number of ether oxygens (including phenoxy) is 1. The molecule has 2 fully saturated rings. The molecule has 0 amide bonds. The monoisotopic (exact) mass is 293 g/mol. The average molecular weight is 293 g/mol. The van der Waals surface area contributed by atoms with Crippen LogP contribution in [0.1, 0.15) is 76.1 Å². The van der Waals surface area contributed by atoms with Gasteiger partial charge in [0.2, 0.25) is 11.7 Å². The summed E-state index contributed by atoms with van der Waals surface area (Å²) in [5, 5.41) is 4.23. The molecule has 3 rings (SSSR count). The Bertz CT molecular complexity index is 448. The normalized spacial score (nSPS) is 23.7. The van der Waals surface area contributed by atoms with E-state index in [4.69, 9.17) is 20.0 Å². The van der Waals surface area contributed by atoms with E-state index in [1.807, 2.05) is 6.92 Å². The van der Waals surface area contributed by atoms with Crippen LogP contribution in [0, 0.1) is 5.92 Å². The first kappa shape index (κ1) is 15.0. The van der Waals surface area contributed by atoms with Crippen molar-refractivity contribution in [3.05, 3.63) is 11.7 Å². The lowest BCUT2D eigenvalue weighted by Crippen LogP contribution is -2.35.